The van der Waals surface area contributed by atoms with E-state index in [1.165, 1.54) is 23.5 Å². The number of hydrogen-bond acceptors (Lipinski definition) is 6. The van der Waals surface area contributed by atoms with E-state index >= 15 is 0 Å². The summed E-state index contributed by atoms with van der Waals surface area (Å²) in [6.07, 6.45) is 0.485. The predicted octanol–water partition coefficient (Wildman–Crippen LogP) is 4.33. The number of rotatable bonds is 7. The van der Waals surface area contributed by atoms with Crippen molar-refractivity contribution in [2.24, 2.45) is 0 Å². The molecule has 0 amide bonds. The topological polar surface area (TPSA) is 83.9 Å². The lowest BCUT2D eigenvalue weighted by Gasteiger charge is -2.31. The van der Waals surface area contributed by atoms with Gasteiger partial charge < -0.3 is 9.84 Å². The van der Waals surface area contributed by atoms with E-state index in [1.807, 2.05) is 41.8 Å². The van der Waals surface area contributed by atoms with Gasteiger partial charge in [-0.05, 0) is 59.8 Å². The van der Waals surface area contributed by atoms with Crippen LogP contribution in [0, 0.1) is 0 Å². The summed E-state index contributed by atoms with van der Waals surface area (Å²) in [5.41, 5.74) is 0.929. The summed E-state index contributed by atoms with van der Waals surface area (Å²) >= 11 is 3.09. The number of fused-ring (bicyclic) bond motifs is 1. The van der Waals surface area contributed by atoms with Gasteiger partial charge in [0.2, 0.25) is 10.0 Å². The fourth-order valence-corrected chi connectivity index (χ4v) is 7.58. The lowest BCUT2D eigenvalue weighted by molar-refractivity contribution is -0.142. The number of benzene rings is 2. The van der Waals surface area contributed by atoms with Crippen LogP contribution in [0.2, 0.25) is 0 Å². The molecule has 0 aliphatic carbocycles. The molecule has 4 rings (SSSR count). The molecule has 2 aromatic carbocycles. The second-order valence-corrected chi connectivity index (χ2v) is 11.3. The largest absolute Gasteiger partial charge is 0.497 e. The Morgan fingerprint density at radius 3 is 2.53 bits per heavy atom. The molecule has 9 heteroatoms. The maximum Gasteiger partial charge on any atom is 0.322 e. The van der Waals surface area contributed by atoms with Crippen molar-refractivity contribution in [1.29, 1.82) is 0 Å². The number of thiophene rings is 1. The Kier molecular flexibility index (Phi) is 6.90. The highest BCUT2D eigenvalue weighted by Crippen LogP contribution is 2.39. The van der Waals surface area contributed by atoms with E-state index < -0.39 is 28.0 Å². The van der Waals surface area contributed by atoms with Crippen LogP contribution in [0.5, 0.6) is 5.75 Å². The number of ether oxygens (including phenoxy) is 1. The molecule has 1 aromatic heterocycles. The number of methoxy groups -OCH3 is 1. The Labute approximate surface area is 195 Å². The van der Waals surface area contributed by atoms with E-state index in [4.69, 9.17) is 4.74 Å². The summed E-state index contributed by atoms with van der Waals surface area (Å²) < 4.78 is 33.4. The predicted molar refractivity (Wildman–Crippen MR) is 126 cm³/mol. The smallest absolute Gasteiger partial charge is 0.322 e. The van der Waals surface area contributed by atoms with Crippen molar-refractivity contribution >= 4 is 39.1 Å². The molecular weight excluding hydrogens is 466 g/mol. The molecule has 6 nitrogen and oxygen atoms in total. The molecule has 168 valence electrons. The number of carbonyl (C=O) groups is 1. The van der Waals surface area contributed by atoms with Gasteiger partial charge in [0, 0.05) is 28.0 Å². The van der Waals surface area contributed by atoms with E-state index in [0.29, 0.717) is 17.9 Å². The zero-order valence-corrected chi connectivity index (χ0v) is 19.8. The molecule has 2 unspecified atom stereocenters. The second kappa shape index (κ2) is 9.66. The van der Waals surface area contributed by atoms with Crippen molar-refractivity contribution in [1.82, 2.24) is 4.31 Å². The van der Waals surface area contributed by atoms with E-state index in [0.717, 1.165) is 15.3 Å². The Balaban J connectivity index is 1.72. The standard InChI is InChI=1S/C23H23NO5S3/c1-29-16-7-9-18(10-8-16)32(27,28)24-13-11-21-19(12-14-30-21)20(22(24)23(25)26)15-31-17-5-3-2-4-6-17/h2-10,12,14,20,22H,11,13,15H2,1H3,(H,25,26). The molecule has 0 saturated carbocycles. The van der Waals surface area contributed by atoms with Gasteiger partial charge in [-0.15, -0.1) is 23.1 Å². The number of hydrogen-bond donors (Lipinski definition) is 1. The first-order valence-corrected chi connectivity index (χ1v) is 13.3. The highest BCUT2D eigenvalue weighted by atomic mass is 32.2. The van der Waals surface area contributed by atoms with Crippen molar-refractivity contribution in [3.63, 3.8) is 0 Å². The molecule has 0 bridgehead atoms. The first-order chi connectivity index (χ1) is 15.4. The van der Waals surface area contributed by atoms with Crippen LogP contribution in [0.1, 0.15) is 16.4 Å². The first kappa shape index (κ1) is 22.8. The van der Waals surface area contributed by atoms with Crippen LogP contribution in [0.4, 0.5) is 0 Å². The summed E-state index contributed by atoms with van der Waals surface area (Å²) in [5.74, 6) is -0.623. The van der Waals surface area contributed by atoms with E-state index in [2.05, 4.69) is 0 Å². The third-order valence-electron chi connectivity index (χ3n) is 5.52. The molecule has 0 saturated heterocycles. The Hall–Kier alpha value is -2.33. The van der Waals surface area contributed by atoms with Gasteiger partial charge in [0.25, 0.3) is 0 Å². The fourth-order valence-electron chi connectivity index (χ4n) is 3.94. The molecule has 0 spiro atoms. The Morgan fingerprint density at radius 1 is 1.16 bits per heavy atom. The summed E-state index contributed by atoms with van der Waals surface area (Å²) in [7, 11) is -2.52. The van der Waals surface area contributed by atoms with Crippen LogP contribution in [-0.2, 0) is 21.2 Å². The SMILES string of the molecule is COc1ccc(S(=O)(=O)N2CCc3sccc3C(CSc3ccccc3)C2C(=O)O)cc1. The van der Waals surface area contributed by atoms with Crippen LogP contribution in [-0.4, -0.2) is 49.2 Å². The number of thioether (sulfide) groups is 1. The van der Waals surface area contributed by atoms with Gasteiger partial charge in [-0.3, -0.25) is 4.79 Å². The minimum Gasteiger partial charge on any atom is -0.497 e. The van der Waals surface area contributed by atoms with E-state index in [-0.39, 0.29) is 11.4 Å². The lowest BCUT2D eigenvalue weighted by Crippen LogP contribution is -2.48. The zero-order valence-electron chi connectivity index (χ0n) is 17.4. The highest BCUT2D eigenvalue weighted by molar-refractivity contribution is 7.99. The molecule has 2 atom stereocenters. The molecule has 1 N–H and O–H groups in total. The van der Waals surface area contributed by atoms with Gasteiger partial charge in [-0.2, -0.15) is 4.31 Å². The molecule has 0 fully saturated rings. The lowest BCUT2D eigenvalue weighted by atomic mass is 9.94. The molecular formula is C23H23NO5S3. The average molecular weight is 490 g/mol. The van der Waals surface area contributed by atoms with Gasteiger partial charge in [-0.25, -0.2) is 8.42 Å². The molecule has 0 radical (unpaired) electrons. The molecule has 1 aliphatic heterocycles. The average Bonchev–Trinajstić information content (AvgIpc) is 3.20. The van der Waals surface area contributed by atoms with Crippen molar-refractivity contribution in [2.75, 3.05) is 19.4 Å². The number of aliphatic carboxylic acids is 1. The monoisotopic (exact) mass is 489 g/mol. The second-order valence-electron chi connectivity index (χ2n) is 7.35. The van der Waals surface area contributed by atoms with Crippen LogP contribution in [0.25, 0.3) is 0 Å². The summed E-state index contributed by atoms with van der Waals surface area (Å²) in [4.78, 5) is 14.6. The maximum atomic E-state index is 13.6. The van der Waals surface area contributed by atoms with Gasteiger partial charge in [0.1, 0.15) is 11.8 Å². The molecule has 3 aromatic rings. The highest BCUT2D eigenvalue weighted by Gasteiger charge is 2.44. The Bertz CT molecular complexity index is 1180. The third-order valence-corrected chi connectivity index (χ3v) is 9.54. The normalized spacial score (nSPS) is 19.2. The summed E-state index contributed by atoms with van der Waals surface area (Å²) in [6.45, 7) is 0.116. The molecule has 1 aliphatic rings. The van der Waals surface area contributed by atoms with Crippen molar-refractivity contribution in [2.45, 2.75) is 28.2 Å². The van der Waals surface area contributed by atoms with E-state index in [9.17, 15) is 18.3 Å². The molecule has 32 heavy (non-hydrogen) atoms. The fraction of sp³-hybridized carbons (Fsp3) is 0.261. The zero-order chi connectivity index (χ0) is 22.7. The van der Waals surface area contributed by atoms with Crippen molar-refractivity contribution < 1.29 is 23.1 Å². The first-order valence-electron chi connectivity index (χ1n) is 10.0. The number of nitrogens with zero attached hydrogens (tertiary/aromatic N) is 1. The summed E-state index contributed by atoms with van der Waals surface area (Å²) in [5, 5.41) is 12.2. The van der Waals surface area contributed by atoms with Crippen molar-refractivity contribution in [3.05, 3.63) is 76.5 Å². The van der Waals surface area contributed by atoms with Gasteiger partial charge in [0.15, 0.2) is 0 Å². The van der Waals surface area contributed by atoms with Crippen LogP contribution in [0.3, 0.4) is 0 Å². The maximum absolute atomic E-state index is 13.6. The minimum absolute atomic E-state index is 0.0595. The number of carboxylic acids is 1. The number of sulfonamides is 1. The van der Waals surface area contributed by atoms with Gasteiger partial charge in [0.05, 0.1) is 12.0 Å². The summed E-state index contributed by atoms with van der Waals surface area (Å²) in [6, 6.07) is 16.5. The van der Waals surface area contributed by atoms with Crippen LogP contribution < -0.4 is 4.74 Å². The van der Waals surface area contributed by atoms with Crippen LogP contribution in [0.15, 0.2) is 75.8 Å². The van der Waals surface area contributed by atoms with Gasteiger partial charge >= 0.3 is 5.97 Å². The third kappa shape index (κ3) is 4.56. The Morgan fingerprint density at radius 2 is 1.88 bits per heavy atom. The minimum atomic E-state index is -4.02. The van der Waals surface area contributed by atoms with E-state index in [1.54, 1.807) is 35.2 Å². The quantitative estimate of drug-likeness (QED) is 0.497. The number of carboxylic acid groups (broad SMARTS) is 1. The van der Waals surface area contributed by atoms with Gasteiger partial charge in [-0.1, -0.05) is 18.2 Å². The van der Waals surface area contributed by atoms with Crippen molar-refractivity contribution in [3.8, 4) is 5.75 Å². The van der Waals surface area contributed by atoms with Crippen LogP contribution >= 0.6 is 23.1 Å². The molecule has 2 heterocycles.